The second-order valence-corrected chi connectivity index (χ2v) is 4.50. The van der Waals surface area contributed by atoms with Crippen molar-refractivity contribution < 1.29 is 14.5 Å². The van der Waals surface area contributed by atoms with Crippen molar-refractivity contribution in [1.29, 1.82) is 0 Å². The van der Waals surface area contributed by atoms with Crippen molar-refractivity contribution in [2.45, 2.75) is 18.9 Å². The molecule has 0 aromatic heterocycles. The molecule has 5 nitrogen and oxygen atoms in total. The number of carbonyl (C=O) groups is 1. The average molecular weight is 286 g/mol. The summed E-state index contributed by atoms with van der Waals surface area (Å²) in [7, 11) is 0. The summed E-state index contributed by atoms with van der Waals surface area (Å²) in [6, 6.07) is 4.40. The minimum atomic E-state index is -0.483. The number of carbonyl (C=O) groups excluding carboxylic acids is 1. The van der Waals surface area contributed by atoms with Gasteiger partial charge in [-0.3, -0.25) is 14.9 Å². The number of Topliss-reactive ketones (excluding diaryl/α,β-unsaturated/α-hetero) is 1. The van der Waals surface area contributed by atoms with Crippen LogP contribution in [0.2, 0.25) is 0 Å². The number of nitro groups is 1. The summed E-state index contributed by atoms with van der Waals surface area (Å²) in [5, 5.41) is 10.6. The molecule has 0 saturated heterocycles. The third-order valence-electron chi connectivity index (χ3n) is 2.28. The maximum Gasteiger partial charge on any atom is 0.274 e. The number of rotatable bonds is 3. The van der Waals surface area contributed by atoms with Crippen molar-refractivity contribution >= 4 is 27.4 Å². The predicted octanol–water partition coefficient (Wildman–Crippen LogP) is 2.47. The first-order valence-electron chi connectivity index (χ1n) is 4.68. The molecule has 1 aliphatic carbocycles. The van der Waals surface area contributed by atoms with Crippen molar-refractivity contribution in [3.63, 3.8) is 0 Å². The summed E-state index contributed by atoms with van der Waals surface area (Å²) in [5.74, 6) is 0.577. The maximum absolute atomic E-state index is 10.7. The lowest BCUT2D eigenvalue weighted by Gasteiger charge is -2.25. The highest BCUT2D eigenvalue weighted by Gasteiger charge is 2.28. The van der Waals surface area contributed by atoms with Crippen LogP contribution in [0, 0.1) is 10.1 Å². The van der Waals surface area contributed by atoms with Crippen LogP contribution in [0.4, 0.5) is 5.69 Å². The molecule has 1 saturated carbocycles. The van der Waals surface area contributed by atoms with Crippen LogP contribution < -0.4 is 4.74 Å². The van der Waals surface area contributed by atoms with E-state index >= 15 is 0 Å². The number of halogens is 1. The summed E-state index contributed by atoms with van der Waals surface area (Å²) >= 11 is 3.17. The molecule has 0 amide bonds. The van der Waals surface area contributed by atoms with Crippen molar-refractivity contribution in [2.75, 3.05) is 0 Å². The van der Waals surface area contributed by atoms with Gasteiger partial charge in [-0.2, -0.15) is 0 Å². The fourth-order valence-corrected chi connectivity index (χ4v) is 1.91. The van der Waals surface area contributed by atoms with Crippen LogP contribution in [0.25, 0.3) is 0 Å². The maximum atomic E-state index is 10.7. The van der Waals surface area contributed by atoms with E-state index in [-0.39, 0.29) is 17.6 Å². The molecule has 0 heterocycles. The van der Waals surface area contributed by atoms with Crippen molar-refractivity contribution in [1.82, 2.24) is 0 Å². The standard InChI is InChI=1S/C10H8BrNO4/c11-6-1-7(12(14)15)3-9(2-6)16-10-4-8(13)5-10/h1-3,10H,4-5H2. The van der Waals surface area contributed by atoms with Crippen LogP contribution in [-0.4, -0.2) is 16.8 Å². The minimum absolute atomic E-state index is 0.0324. The van der Waals surface area contributed by atoms with E-state index in [1.807, 2.05) is 0 Å². The van der Waals surface area contributed by atoms with Crippen LogP contribution in [0.3, 0.4) is 0 Å². The van der Waals surface area contributed by atoms with E-state index in [1.165, 1.54) is 12.1 Å². The smallest absolute Gasteiger partial charge is 0.274 e. The van der Waals surface area contributed by atoms with Gasteiger partial charge in [-0.25, -0.2) is 0 Å². The Morgan fingerprint density at radius 2 is 2.06 bits per heavy atom. The highest BCUT2D eigenvalue weighted by molar-refractivity contribution is 9.10. The number of nitro benzene ring substituents is 1. The van der Waals surface area contributed by atoms with Crippen LogP contribution in [0.5, 0.6) is 5.75 Å². The third kappa shape index (κ3) is 2.38. The fourth-order valence-electron chi connectivity index (χ4n) is 1.45. The van der Waals surface area contributed by atoms with E-state index in [9.17, 15) is 14.9 Å². The van der Waals surface area contributed by atoms with Crippen molar-refractivity contribution in [3.8, 4) is 5.75 Å². The van der Waals surface area contributed by atoms with E-state index in [0.29, 0.717) is 23.1 Å². The van der Waals surface area contributed by atoms with Gasteiger partial charge in [0.1, 0.15) is 17.6 Å². The molecular formula is C10H8BrNO4. The Morgan fingerprint density at radius 1 is 1.38 bits per heavy atom. The minimum Gasteiger partial charge on any atom is -0.489 e. The second kappa shape index (κ2) is 4.21. The largest absolute Gasteiger partial charge is 0.489 e. The van der Waals surface area contributed by atoms with Gasteiger partial charge in [0.15, 0.2) is 0 Å². The third-order valence-corrected chi connectivity index (χ3v) is 2.74. The van der Waals surface area contributed by atoms with Gasteiger partial charge in [-0.1, -0.05) is 15.9 Å². The van der Waals surface area contributed by atoms with Crippen LogP contribution in [-0.2, 0) is 4.79 Å². The first-order valence-corrected chi connectivity index (χ1v) is 5.47. The lowest BCUT2D eigenvalue weighted by Crippen LogP contribution is -2.33. The molecule has 1 fully saturated rings. The van der Waals surface area contributed by atoms with Gasteiger partial charge in [0.2, 0.25) is 0 Å². The Bertz CT molecular complexity index is 452. The Morgan fingerprint density at radius 3 is 2.62 bits per heavy atom. The summed E-state index contributed by atoms with van der Waals surface area (Å²) in [6.45, 7) is 0. The summed E-state index contributed by atoms with van der Waals surface area (Å²) in [4.78, 5) is 20.9. The van der Waals surface area contributed by atoms with Gasteiger partial charge >= 0.3 is 0 Å². The van der Waals surface area contributed by atoms with Gasteiger partial charge in [0.25, 0.3) is 5.69 Å². The van der Waals surface area contributed by atoms with Gasteiger partial charge in [0.05, 0.1) is 11.0 Å². The molecule has 0 atom stereocenters. The number of hydrogen-bond acceptors (Lipinski definition) is 4. The Hall–Kier alpha value is -1.43. The molecule has 0 spiro atoms. The Kier molecular flexibility index (Phi) is 2.91. The SMILES string of the molecule is O=C1CC(Oc2cc(Br)cc([N+](=O)[O-])c2)C1. The van der Waals surface area contributed by atoms with E-state index in [1.54, 1.807) is 6.07 Å². The number of nitrogens with zero attached hydrogens (tertiary/aromatic N) is 1. The van der Waals surface area contributed by atoms with E-state index in [2.05, 4.69) is 15.9 Å². The number of hydrogen-bond donors (Lipinski definition) is 0. The molecule has 1 aromatic rings. The molecule has 2 rings (SSSR count). The zero-order chi connectivity index (χ0) is 11.7. The highest BCUT2D eigenvalue weighted by Crippen LogP contribution is 2.29. The number of benzene rings is 1. The topological polar surface area (TPSA) is 69.4 Å². The second-order valence-electron chi connectivity index (χ2n) is 3.59. The number of ether oxygens (including phenoxy) is 1. The molecule has 6 heteroatoms. The molecule has 1 aliphatic rings. The van der Waals surface area contributed by atoms with Gasteiger partial charge < -0.3 is 4.74 Å². The molecule has 1 aromatic carbocycles. The van der Waals surface area contributed by atoms with Crippen molar-refractivity contribution in [2.24, 2.45) is 0 Å². The zero-order valence-corrected chi connectivity index (χ0v) is 9.77. The molecule has 0 aliphatic heterocycles. The Labute approximate surface area is 99.7 Å². The van der Waals surface area contributed by atoms with Crippen LogP contribution in [0.15, 0.2) is 22.7 Å². The van der Waals surface area contributed by atoms with Crippen LogP contribution >= 0.6 is 15.9 Å². The monoisotopic (exact) mass is 285 g/mol. The quantitative estimate of drug-likeness (QED) is 0.632. The van der Waals surface area contributed by atoms with E-state index in [4.69, 9.17) is 4.74 Å². The summed E-state index contributed by atoms with van der Waals surface area (Å²) in [5.41, 5.74) is -0.0324. The number of ketones is 1. The van der Waals surface area contributed by atoms with Gasteiger partial charge in [-0.05, 0) is 6.07 Å². The fraction of sp³-hybridized carbons (Fsp3) is 0.300. The molecular weight excluding hydrogens is 278 g/mol. The van der Waals surface area contributed by atoms with E-state index in [0.717, 1.165) is 0 Å². The molecule has 0 bridgehead atoms. The first-order chi connectivity index (χ1) is 7.54. The molecule has 0 unspecified atom stereocenters. The highest BCUT2D eigenvalue weighted by atomic mass is 79.9. The van der Waals surface area contributed by atoms with Gasteiger partial charge in [-0.15, -0.1) is 0 Å². The molecule has 0 N–H and O–H groups in total. The molecule has 84 valence electrons. The zero-order valence-electron chi connectivity index (χ0n) is 8.18. The molecule has 0 radical (unpaired) electrons. The Balaban J connectivity index is 2.14. The van der Waals surface area contributed by atoms with Crippen LogP contribution in [0.1, 0.15) is 12.8 Å². The van der Waals surface area contributed by atoms with Gasteiger partial charge in [0, 0.05) is 23.4 Å². The number of non-ortho nitro benzene ring substituents is 1. The average Bonchev–Trinajstić information content (AvgIpc) is 2.14. The summed E-state index contributed by atoms with van der Waals surface area (Å²) < 4.78 is 6.02. The first kappa shape index (κ1) is 11.1. The van der Waals surface area contributed by atoms with Crippen molar-refractivity contribution in [3.05, 3.63) is 32.8 Å². The van der Waals surface area contributed by atoms with E-state index < -0.39 is 4.92 Å². The lowest BCUT2D eigenvalue weighted by molar-refractivity contribution is -0.385. The molecule has 16 heavy (non-hydrogen) atoms. The summed E-state index contributed by atoms with van der Waals surface area (Å²) in [6.07, 6.45) is 0.641. The lowest BCUT2D eigenvalue weighted by atomic mass is 9.94. The normalized spacial score (nSPS) is 15.7. The predicted molar refractivity (Wildman–Crippen MR) is 59.5 cm³/mol.